The predicted octanol–water partition coefficient (Wildman–Crippen LogP) is 6.83. The molecule has 0 unspecified atom stereocenters. The van der Waals surface area contributed by atoms with E-state index < -0.39 is 71.0 Å². The van der Waals surface area contributed by atoms with Gasteiger partial charge in [0.2, 0.25) is 17.7 Å². The van der Waals surface area contributed by atoms with Crippen molar-refractivity contribution in [1.82, 2.24) is 25.4 Å². The summed E-state index contributed by atoms with van der Waals surface area (Å²) in [7, 11) is 0. The van der Waals surface area contributed by atoms with Crippen molar-refractivity contribution in [3.63, 3.8) is 0 Å². The Morgan fingerprint density at radius 1 is 0.828 bits per heavy atom. The highest BCUT2D eigenvalue weighted by Gasteiger charge is 2.37. The number of carbonyl (C=O) groups excluding carboxylic acids is 4. The number of carboxylic acid groups (broad SMARTS) is 1. The van der Waals surface area contributed by atoms with Gasteiger partial charge in [0, 0.05) is 43.0 Å². The monoisotopic (exact) mass is 801 g/mol. The minimum absolute atomic E-state index is 0.0115. The van der Waals surface area contributed by atoms with Gasteiger partial charge >= 0.3 is 12.1 Å². The van der Waals surface area contributed by atoms with E-state index in [0.717, 1.165) is 29.3 Å². The van der Waals surface area contributed by atoms with E-state index >= 15 is 4.39 Å². The normalized spacial score (nSPS) is 13.5. The zero-order valence-corrected chi connectivity index (χ0v) is 33.9. The lowest BCUT2D eigenvalue weighted by atomic mass is 9.82. The van der Waals surface area contributed by atoms with E-state index in [2.05, 4.69) is 16.0 Å². The minimum Gasteiger partial charge on any atom is -0.480 e. The Morgan fingerprint density at radius 3 is 2.02 bits per heavy atom. The molecular weight excluding hydrogens is 749 g/mol. The molecule has 4 aromatic rings. The largest absolute Gasteiger partial charge is 0.480 e. The molecule has 0 saturated heterocycles. The van der Waals surface area contributed by atoms with Gasteiger partial charge in [-0.15, -0.1) is 0 Å². The van der Waals surface area contributed by atoms with E-state index in [-0.39, 0.29) is 31.0 Å². The quantitative estimate of drug-likeness (QED) is 0.0911. The summed E-state index contributed by atoms with van der Waals surface area (Å²) >= 11 is 0. The summed E-state index contributed by atoms with van der Waals surface area (Å²) in [6.07, 6.45) is 0.677. The van der Waals surface area contributed by atoms with Gasteiger partial charge in [0.1, 0.15) is 36.4 Å². The van der Waals surface area contributed by atoms with Crippen LogP contribution in [-0.2, 0) is 37.1 Å². The van der Waals surface area contributed by atoms with Crippen LogP contribution in [0.15, 0.2) is 91.1 Å². The number of carboxylic acids is 1. The van der Waals surface area contributed by atoms with Gasteiger partial charge in [0.15, 0.2) is 0 Å². The first-order valence-electron chi connectivity index (χ1n) is 19.1. The molecule has 0 bridgehead atoms. The van der Waals surface area contributed by atoms with Crippen molar-refractivity contribution in [3.8, 4) is 11.1 Å². The van der Waals surface area contributed by atoms with E-state index in [1.165, 1.54) is 18.7 Å². The summed E-state index contributed by atoms with van der Waals surface area (Å²) in [6.45, 7) is 12.1. The molecule has 0 fully saturated rings. The maximum atomic E-state index is 15.1. The standard InChI is InChI=1S/C44H53F2N5O7/c1-27(2)38(49-43(57)58-26-31-16-12-9-13-17-31)41(54)47-28(3)40(53)48-36(42(55)56)20-21-51(29(4)52)39(44(5,6)7)37-22-32(34-23-33(45)18-19-35(34)46)25-50(37)24-30-14-10-8-11-15-30/h8-19,22-23,25,27-28,36,38-39H,20-21,24,26H2,1-7H3,(H,47,54)(H,48,53)(H,49,57)(H,55,56)/t28-,36-,38-,39-/m0/s1. The summed E-state index contributed by atoms with van der Waals surface area (Å²) < 4.78 is 36.6. The highest BCUT2D eigenvalue weighted by Crippen LogP contribution is 2.41. The van der Waals surface area contributed by atoms with Crippen molar-refractivity contribution in [2.24, 2.45) is 11.3 Å². The fourth-order valence-electron chi connectivity index (χ4n) is 6.70. The number of rotatable bonds is 17. The fraction of sp³-hybridized carbons (Fsp3) is 0.386. The number of carbonyl (C=O) groups is 5. The lowest BCUT2D eigenvalue weighted by Crippen LogP contribution is -2.56. The van der Waals surface area contributed by atoms with Crippen molar-refractivity contribution in [2.75, 3.05) is 6.54 Å². The second-order valence-electron chi connectivity index (χ2n) is 15.7. The number of nitrogens with one attached hydrogen (secondary N) is 3. The number of aromatic nitrogens is 1. The summed E-state index contributed by atoms with van der Waals surface area (Å²) in [5.74, 6) is -4.83. The molecule has 4 amide bonds. The van der Waals surface area contributed by atoms with Crippen LogP contribution in [0.5, 0.6) is 0 Å². The van der Waals surface area contributed by atoms with E-state index in [4.69, 9.17) is 4.74 Å². The summed E-state index contributed by atoms with van der Waals surface area (Å²) in [5, 5.41) is 17.7. The Labute approximate surface area is 338 Å². The van der Waals surface area contributed by atoms with Gasteiger partial charge in [-0.1, -0.05) is 95.3 Å². The Hall–Kier alpha value is -6.05. The number of halogens is 2. The highest BCUT2D eigenvalue weighted by molar-refractivity contribution is 5.92. The molecule has 4 rings (SSSR count). The summed E-state index contributed by atoms with van der Waals surface area (Å²) in [6, 6.07) is 19.0. The van der Waals surface area contributed by atoms with Gasteiger partial charge in [-0.25, -0.2) is 18.4 Å². The molecule has 4 atom stereocenters. The molecule has 3 aromatic carbocycles. The number of hydrogen-bond donors (Lipinski definition) is 4. The van der Waals surface area contributed by atoms with Crippen molar-refractivity contribution in [1.29, 1.82) is 0 Å². The molecule has 0 saturated carbocycles. The molecule has 310 valence electrons. The molecule has 0 aliphatic heterocycles. The first kappa shape index (κ1) is 44.7. The van der Waals surface area contributed by atoms with E-state index in [0.29, 0.717) is 17.8 Å². The molecule has 0 aliphatic rings. The van der Waals surface area contributed by atoms with Gasteiger partial charge in [0.05, 0.1) is 6.04 Å². The zero-order chi connectivity index (χ0) is 42.7. The second kappa shape index (κ2) is 19.9. The van der Waals surface area contributed by atoms with Crippen LogP contribution in [-0.4, -0.2) is 69.0 Å². The third-order valence-electron chi connectivity index (χ3n) is 9.64. The van der Waals surface area contributed by atoms with Crippen molar-refractivity contribution >= 4 is 29.8 Å². The smallest absolute Gasteiger partial charge is 0.408 e. The van der Waals surface area contributed by atoms with Gasteiger partial charge in [-0.05, 0) is 60.1 Å². The molecule has 4 N–H and O–H groups in total. The van der Waals surface area contributed by atoms with Crippen LogP contribution < -0.4 is 16.0 Å². The highest BCUT2D eigenvalue weighted by atomic mass is 19.1. The topological polar surface area (TPSA) is 159 Å². The molecule has 0 radical (unpaired) electrons. The van der Waals surface area contributed by atoms with Gasteiger partial charge in [-0.3, -0.25) is 14.4 Å². The summed E-state index contributed by atoms with van der Waals surface area (Å²) in [5.41, 5.74) is 2.06. The van der Waals surface area contributed by atoms with Crippen molar-refractivity contribution in [2.45, 2.75) is 92.2 Å². The van der Waals surface area contributed by atoms with Crippen LogP contribution in [0.25, 0.3) is 11.1 Å². The van der Waals surface area contributed by atoms with Crippen LogP contribution in [0, 0.1) is 23.0 Å². The van der Waals surface area contributed by atoms with Crippen molar-refractivity contribution < 1.29 is 42.6 Å². The Balaban J connectivity index is 1.52. The third kappa shape index (κ3) is 12.2. The number of aliphatic carboxylic acids is 1. The van der Waals surface area contributed by atoms with E-state index in [1.807, 2.05) is 61.7 Å². The zero-order valence-electron chi connectivity index (χ0n) is 33.9. The maximum absolute atomic E-state index is 15.1. The predicted molar refractivity (Wildman–Crippen MR) is 215 cm³/mol. The van der Waals surface area contributed by atoms with Crippen molar-refractivity contribution in [3.05, 3.63) is 120 Å². The number of nitrogens with zero attached hydrogens (tertiary/aromatic N) is 2. The lowest BCUT2D eigenvalue weighted by molar-refractivity contribution is -0.143. The van der Waals surface area contributed by atoms with Crippen LogP contribution in [0.2, 0.25) is 0 Å². The van der Waals surface area contributed by atoms with Gasteiger partial charge in [0.25, 0.3) is 0 Å². The molecular formula is C44H53F2N5O7. The van der Waals surface area contributed by atoms with Crippen LogP contribution in [0.4, 0.5) is 13.6 Å². The average Bonchev–Trinajstić information content (AvgIpc) is 3.56. The molecule has 1 heterocycles. The number of amides is 4. The minimum atomic E-state index is -1.46. The number of benzene rings is 3. The van der Waals surface area contributed by atoms with E-state index in [1.54, 1.807) is 50.4 Å². The molecule has 1 aromatic heterocycles. The van der Waals surface area contributed by atoms with Crippen LogP contribution >= 0.6 is 0 Å². The Kier molecular flexibility index (Phi) is 15.3. The molecule has 58 heavy (non-hydrogen) atoms. The third-order valence-corrected chi connectivity index (χ3v) is 9.64. The van der Waals surface area contributed by atoms with E-state index in [9.17, 15) is 33.5 Å². The number of hydrogen-bond acceptors (Lipinski definition) is 6. The van der Waals surface area contributed by atoms with Crippen LogP contribution in [0.1, 0.15) is 77.7 Å². The Bertz CT molecular complexity index is 2050. The molecule has 0 spiro atoms. The maximum Gasteiger partial charge on any atom is 0.408 e. The van der Waals surface area contributed by atoms with Gasteiger partial charge < -0.3 is 35.3 Å². The molecule has 12 nitrogen and oxygen atoms in total. The lowest BCUT2D eigenvalue weighted by Gasteiger charge is -2.41. The Morgan fingerprint density at radius 2 is 1.45 bits per heavy atom. The second-order valence-corrected chi connectivity index (χ2v) is 15.7. The average molecular weight is 802 g/mol. The SMILES string of the molecule is CC(=O)N(CC[C@H](NC(=O)[C@H](C)NC(=O)[C@@H](NC(=O)OCc1ccccc1)C(C)C)C(=O)O)[C@@H](c1cc(-c2cc(F)ccc2F)cn1Cc1ccccc1)C(C)(C)C. The first-order chi connectivity index (χ1) is 27.3. The van der Waals surface area contributed by atoms with Gasteiger partial charge in [-0.2, -0.15) is 0 Å². The molecule has 0 aliphatic carbocycles. The summed E-state index contributed by atoms with van der Waals surface area (Å²) in [4.78, 5) is 66.6. The first-order valence-corrected chi connectivity index (χ1v) is 19.1. The molecule has 14 heteroatoms. The van der Waals surface area contributed by atoms with Crippen LogP contribution in [0.3, 0.4) is 0 Å². The number of ether oxygens (including phenoxy) is 1. The number of alkyl carbamates (subject to hydrolysis) is 1. The fourth-order valence-corrected chi connectivity index (χ4v) is 6.70.